The molecule has 1 amide bonds. The second-order valence-corrected chi connectivity index (χ2v) is 6.31. The largest absolute Gasteiger partial charge is 0.481 e. The Morgan fingerprint density at radius 2 is 1.95 bits per heavy atom. The molecule has 2 N–H and O–H groups in total. The average Bonchev–Trinajstić information content (AvgIpc) is 2.24. The van der Waals surface area contributed by atoms with E-state index < -0.39 is 23.7 Å². The summed E-state index contributed by atoms with van der Waals surface area (Å²) >= 11 is 11.9. The molecule has 0 aliphatic carbocycles. The Balaban J connectivity index is 2.95. The van der Waals surface area contributed by atoms with E-state index in [0.29, 0.717) is 10.6 Å². The van der Waals surface area contributed by atoms with Crippen molar-refractivity contribution in [2.75, 3.05) is 0 Å². The molecule has 0 saturated carbocycles. The number of carboxylic acids is 1. The number of nitrogens with one attached hydrogen (secondary N) is 1. The van der Waals surface area contributed by atoms with E-state index in [9.17, 15) is 9.59 Å². The molecule has 116 valence electrons. The van der Waals surface area contributed by atoms with Gasteiger partial charge in [-0.05, 0) is 38.5 Å². The maximum atomic E-state index is 11.8. The van der Waals surface area contributed by atoms with Crippen molar-refractivity contribution in [2.24, 2.45) is 0 Å². The van der Waals surface area contributed by atoms with Crippen LogP contribution in [0.25, 0.3) is 0 Å². The van der Waals surface area contributed by atoms with Crippen LogP contribution in [0.1, 0.15) is 38.8 Å². The van der Waals surface area contributed by atoms with E-state index >= 15 is 0 Å². The molecule has 5 nitrogen and oxygen atoms in total. The number of alkyl carbamates (subject to hydrolysis) is 1. The molecule has 0 bridgehead atoms. The number of carboxylic acid groups (broad SMARTS) is 1. The lowest BCUT2D eigenvalue weighted by Gasteiger charge is -2.23. The van der Waals surface area contributed by atoms with Gasteiger partial charge < -0.3 is 15.2 Å². The summed E-state index contributed by atoms with van der Waals surface area (Å²) in [6.45, 7) is 5.15. The third-order valence-electron chi connectivity index (χ3n) is 2.41. The molecule has 0 heterocycles. The Bertz CT molecular complexity index is 540. The molecule has 1 aromatic carbocycles. The fraction of sp³-hybridized carbons (Fsp3) is 0.429. The van der Waals surface area contributed by atoms with E-state index in [1.54, 1.807) is 32.9 Å². The maximum absolute atomic E-state index is 11.8. The molecule has 1 unspecified atom stereocenters. The fourth-order valence-corrected chi connectivity index (χ4v) is 2.19. The van der Waals surface area contributed by atoms with Crippen molar-refractivity contribution in [1.29, 1.82) is 0 Å². The first-order chi connectivity index (χ1) is 9.58. The number of ether oxygens (including phenoxy) is 1. The van der Waals surface area contributed by atoms with Crippen LogP contribution in [0.4, 0.5) is 4.79 Å². The molecule has 0 spiro atoms. The Hall–Kier alpha value is -1.46. The Morgan fingerprint density at radius 3 is 2.43 bits per heavy atom. The molecule has 1 atom stereocenters. The van der Waals surface area contributed by atoms with Gasteiger partial charge in [-0.3, -0.25) is 4.79 Å². The lowest BCUT2D eigenvalue weighted by Crippen LogP contribution is -2.35. The van der Waals surface area contributed by atoms with Crippen LogP contribution < -0.4 is 5.32 Å². The van der Waals surface area contributed by atoms with Gasteiger partial charge in [0.1, 0.15) is 5.60 Å². The van der Waals surface area contributed by atoms with Gasteiger partial charge >= 0.3 is 12.1 Å². The van der Waals surface area contributed by atoms with Crippen LogP contribution in [0.3, 0.4) is 0 Å². The zero-order chi connectivity index (χ0) is 16.2. The lowest BCUT2D eigenvalue weighted by molar-refractivity contribution is -0.137. The molecule has 1 aromatic rings. The van der Waals surface area contributed by atoms with Crippen LogP contribution in [-0.2, 0) is 9.53 Å². The molecule has 0 aliphatic rings. The van der Waals surface area contributed by atoms with Gasteiger partial charge in [0.2, 0.25) is 0 Å². The van der Waals surface area contributed by atoms with Crippen molar-refractivity contribution in [3.63, 3.8) is 0 Å². The highest BCUT2D eigenvalue weighted by molar-refractivity contribution is 6.35. The molecule has 0 aromatic heterocycles. The van der Waals surface area contributed by atoms with E-state index in [-0.39, 0.29) is 11.4 Å². The van der Waals surface area contributed by atoms with Gasteiger partial charge in [0.25, 0.3) is 0 Å². The Kier molecular flexibility index (Phi) is 5.87. The van der Waals surface area contributed by atoms with E-state index in [1.165, 1.54) is 6.07 Å². The molecule has 0 radical (unpaired) electrons. The maximum Gasteiger partial charge on any atom is 0.408 e. The van der Waals surface area contributed by atoms with Crippen molar-refractivity contribution in [2.45, 2.75) is 38.8 Å². The number of carbonyl (C=O) groups excluding carboxylic acids is 1. The predicted octanol–water partition coefficient (Wildman–Crippen LogP) is 4.03. The summed E-state index contributed by atoms with van der Waals surface area (Å²) in [6, 6.07) is 3.84. The average molecular weight is 334 g/mol. The number of amides is 1. The first-order valence-electron chi connectivity index (χ1n) is 6.25. The normalized spacial score (nSPS) is 12.6. The highest BCUT2D eigenvalue weighted by Crippen LogP contribution is 2.28. The number of carbonyl (C=O) groups is 2. The van der Waals surface area contributed by atoms with Crippen molar-refractivity contribution in [3.8, 4) is 0 Å². The number of hydrogen-bond donors (Lipinski definition) is 2. The summed E-state index contributed by atoms with van der Waals surface area (Å²) in [5.74, 6) is -1.07. The fourth-order valence-electron chi connectivity index (χ4n) is 1.65. The van der Waals surface area contributed by atoms with Gasteiger partial charge in [0.15, 0.2) is 0 Å². The van der Waals surface area contributed by atoms with Crippen molar-refractivity contribution < 1.29 is 19.4 Å². The van der Waals surface area contributed by atoms with E-state index in [1.807, 2.05) is 0 Å². The molecule has 21 heavy (non-hydrogen) atoms. The van der Waals surface area contributed by atoms with Gasteiger partial charge in [0.05, 0.1) is 12.5 Å². The number of aliphatic carboxylic acids is 1. The molecule has 0 aliphatic heterocycles. The van der Waals surface area contributed by atoms with Crippen molar-refractivity contribution in [1.82, 2.24) is 5.32 Å². The minimum absolute atomic E-state index is 0.282. The van der Waals surface area contributed by atoms with Gasteiger partial charge in [0, 0.05) is 10.0 Å². The summed E-state index contributed by atoms with van der Waals surface area (Å²) in [4.78, 5) is 22.8. The van der Waals surface area contributed by atoms with Crippen LogP contribution in [0.15, 0.2) is 18.2 Å². The summed E-state index contributed by atoms with van der Waals surface area (Å²) in [7, 11) is 0. The summed E-state index contributed by atoms with van der Waals surface area (Å²) in [6.07, 6.45) is -1.03. The number of hydrogen-bond acceptors (Lipinski definition) is 3. The first kappa shape index (κ1) is 17.6. The molecule has 1 rings (SSSR count). The van der Waals surface area contributed by atoms with E-state index in [0.717, 1.165) is 0 Å². The third kappa shape index (κ3) is 6.23. The van der Waals surface area contributed by atoms with Crippen molar-refractivity contribution in [3.05, 3.63) is 33.8 Å². The highest BCUT2D eigenvalue weighted by Gasteiger charge is 2.24. The van der Waals surface area contributed by atoms with Gasteiger partial charge in [-0.25, -0.2) is 4.79 Å². The predicted molar refractivity (Wildman–Crippen MR) is 80.8 cm³/mol. The van der Waals surface area contributed by atoms with Gasteiger partial charge in [-0.2, -0.15) is 0 Å². The molecule has 0 saturated heterocycles. The minimum Gasteiger partial charge on any atom is -0.481 e. The monoisotopic (exact) mass is 333 g/mol. The lowest BCUT2D eigenvalue weighted by atomic mass is 10.0. The zero-order valence-corrected chi connectivity index (χ0v) is 13.5. The molecule has 0 fully saturated rings. The van der Waals surface area contributed by atoms with Crippen LogP contribution in [0.2, 0.25) is 10.0 Å². The standard InChI is InChI=1S/C14H17Cl2NO4/c1-14(2,3)21-13(20)17-11(7-12(18)19)9-5-4-8(15)6-10(9)16/h4-6,11H,7H2,1-3H3,(H,17,20)(H,18,19). The topological polar surface area (TPSA) is 75.6 Å². The number of halogens is 2. The van der Waals surface area contributed by atoms with Gasteiger partial charge in [-0.15, -0.1) is 0 Å². The van der Waals surface area contributed by atoms with E-state index in [4.69, 9.17) is 33.0 Å². The molecule has 7 heteroatoms. The number of rotatable bonds is 4. The highest BCUT2D eigenvalue weighted by atomic mass is 35.5. The third-order valence-corrected chi connectivity index (χ3v) is 2.97. The van der Waals surface area contributed by atoms with Crippen LogP contribution in [0.5, 0.6) is 0 Å². The zero-order valence-electron chi connectivity index (χ0n) is 11.9. The van der Waals surface area contributed by atoms with Crippen LogP contribution in [0, 0.1) is 0 Å². The van der Waals surface area contributed by atoms with E-state index in [2.05, 4.69) is 5.32 Å². The van der Waals surface area contributed by atoms with Crippen LogP contribution >= 0.6 is 23.2 Å². The molecular formula is C14H17Cl2NO4. The molecular weight excluding hydrogens is 317 g/mol. The second-order valence-electron chi connectivity index (χ2n) is 5.46. The summed E-state index contributed by atoms with van der Waals surface area (Å²) in [5, 5.41) is 12.2. The quantitative estimate of drug-likeness (QED) is 0.871. The van der Waals surface area contributed by atoms with Crippen molar-refractivity contribution >= 4 is 35.3 Å². The van der Waals surface area contributed by atoms with Gasteiger partial charge in [-0.1, -0.05) is 29.3 Å². The minimum atomic E-state index is -1.07. The smallest absolute Gasteiger partial charge is 0.408 e. The first-order valence-corrected chi connectivity index (χ1v) is 7.00. The Labute approximate surface area is 133 Å². The summed E-state index contributed by atoms with van der Waals surface area (Å²) in [5.41, 5.74) is -0.212. The SMILES string of the molecule is CC(C)(C)OC(=O)NC(CC(=O)O)c1ccc(Cl)cc1Cl. The summed E-state index contributed by atoms with van der Waals surface area (Å²) < 4.78 is 5.12. The second kappa shape index (κ2) is 7.00. The number of benzene rings is 1. The Morgan fingerprint density at radius 1 is 1.33 bits per heavy atom. The van der Waals surface area contributed by atoms with Crippen LogP contribution in [-0.4, -0.2) is 22.8 Å².